The molecular formula is C15H13N3O3S. The Bertz CT molecular complexity index is 860. The number of aromatic carboxylic acids is 1. The van der Waals surface area contributed by atoms with Crippen molar-refractivity contribution < 1.29 is 15.0 Å². The van der Waals surface area contributed by atoms with Crippen LogP contribution in [0.4, 0.5) is 11.5 Å². The van der Waals surface area contributed by atoms with Crippen LogP contribution in [0.3, 0.4) is 0 Å². The third-order valence-corrected chi connectivity index (χ3v) is 4.41. The highest BCUT2D eigenvalue weighted by atomic mass is 32.1. The summed E-state index contributed by atoms with van der Waals surface area (Å²) >= 11 is 1.61. The zero-order valence-corrected chi connectivity index (χ0v) is 12.5. The lowest BCUT2D eigenvalue weighted by Crippen LogP contribution is -1.99. The minimum Gasteiger partial charge on any atom is -0.507 e. The summed E-state index contributed by atoms with van der Waals surface area (Å²) < 4.78 is 0. The number of phenols is 1. The van der Waals surface area contributed by atoms with E-state index in [4.69, 9.17) is 5.11 Å². The molecule has 0 aliphatic carbocycles. The van der Waals surface area contributed by atoms with Crippen LogP contribution in [0.2, 0.25) is 0 Å². The van der Waals surface area contributed by atoms with Gasteiger partial charge < -0.3 is 15.5 Å². The first-order valence-electron chi connectivity index (χ1n) is 6.65. The Morgan fingerprint density at radius 1 is 1.32 bits per heavy atom. The van der Waals surface area contributed by atoms with Crippen LogP contribution in [-0.4, -0.2) is 26.2 Å². The molecule has 0 saturated carbocycles. The summed E-state index contributed by atoms with van der Waals surface area (Å²) in [5.41, 5.74) is 0.425. The molecule has 0 atom stereocenters. The molecule has 0 amide bonds. The Balaban J connectivity index is 1.98. The number of aryl methyl sites for hydroxylation is 1. The molecule has 0 aliphatic rings. The maximum absolute atomic E-state index is 10.9. The van der Waals surface area contributed by atoms with Crippen molar-refractivity contribution in [2.24, 2.45) is 0 Å². The van der Waals surface area contributed by atoms with Crippen molar-refractivity contribution in [1.29, 1.82) is 0 Å². The van der Waals surface area contributed by atoms with Gasteiger partial charge in [0.25, 0.3) is 0 Å². The summed E-state index contributed by atoms with van der Waals surface area (Å²) in [6.07, 6.45) is 2.40. The van der Waals surface area contributed by atoms with Crippen molar-refractivity contribution in [2.75, 3.05) is 5.32 Å². The second-order valence-electron chi connectivity index (χ2n) is 4.67. The monoisotopic (exact) mass is 315 g/mol. The predicted octanol–water partition coefficient (Wildman–Crippen LogP) is 3.40. The van der Waals surface area contributed by atoms with Crippen molar-refractivity contribution in [2.45, 2.75) is 13.3 Å². The Labute approximate surface area is 130 Å². The van der Waals surface area contributed by atoms with Crippen molar-refractivity contribution >= 4 is 39.0 Å². The lowest BCUT2D eigenvalue weighted by atomic mass is 10.2. The van der Waals surface area contributed by atoms with Crippen molar-refractivity contribution in [3.05, 3.63) is 41.0 Å². The van der Waals surface area contributed by atoms with E-state index in [0.717, 1.165) is 16.6 Å². The second-order valence-corrected chi connectivity index (χ2v) is 5.78. The lowest BCUT2D eigenvalue weighted by Gasteiger charge is -2.08. The molecule has 3 aromatic rings. The fraction of sp³-hybridized carbons (Fsp3) is 0.133. The topological polar surface area (TPSA) is 95.3 Å². The molecule has 3 rings (SSSR count). The zero-order valence-electron chi connectivity index (χ0n) is 11.7. The van der Waals surface area contributed by atoms with E-state index in [-0.39, 0.29) is 11.3 Å². The maximum Gasteiger partial charge on any atom is 0.339 e. The van der Waals surface area contributed by atoms with Gasteiger partial charge in [-0.1, -0.05) is 6.92 Å². The van der Waals surface area contributed by atoms with Crippen molar-refractivity contribution in [3.63, 3.8) is 0 Å². The number of hydrogen-bond acceptors (Lipinski definition) is 6. The molecule has 1 aromatic carbocycles. The number of nitrogens with zero attached hydrogens (tertiary/aromatic N) is 2. The Hall–Kier alpha value is -2.67. The maximum atomic E-state index is 10.9. The lowest BCUT2D eigenvalue weighted by molar-refractivity contribution is 0.0694. The first kappa shape index (κ1) is 14.3. The quantitative estimate of drug-likeness (QED) is 0.683. The largest absolute Gasteiger partial charge is 0.507 e. The van der Waals surface area contributed by atoms with Gasteiger partial charge in [0.15, 0.2) is 0 Å². The number of carbonyl (C=O) groups is 1. The van der Waals surface area contributed by atoms with Crippen LogP contribution in [0.25, 0.3) is 10.2 Å². The SMILES string of the molecule is CCc1cc2c(Nc3ccc(C(=O)O)c(O)c3)ncnc2s1. The molecule has 7 heteroatoms. The highest BCUT2D eigenvalue weighted by Crippen LogP contribution is 2.31. The number of benzene rings is 1. The average molecular weight is 315 g/mol. The van der Waals surface area contributed by atoms with Crippen LogP contribution in [0, 0.1) is 0 Å². The number of aromatic nitrogens is 2. The van der Waals surface area contributed by atoms with Crippen LogP contribution in [0.5, 0.6) is 5.75 Å². The van der Waals surface area contributed by atoms with Gasteiger partial charge in [-0.05, 0) is 24.6 Å². The summed E-state index contributed by atoms with van der Waals surface area (Å²) in [6.45, 7) is 2.08. The molecule has 22 heavy (non-hydrogen) atoms. The van der Waals surface area contributed by atoms with E-state index < -0.39 is 5.97 Å². The van der Waals surface area contributed by atoms with Crippen LogP contribution in [-0.2, 0) is 6.42 Å². The Kier molecular flexibility index (Phi) is 3.64. The summed E-state index contributed by atoms with van der Waals surface area (Å²) in [7, 11) is 0. The molecule has 0 saturated heterocycles. The molecule has 0 unspecified atom stereocenters. The van der Waals surface area contributed by atoms with E-state index in [1.165, 1.54) is 23.3 Å². The number of nitrogens with one attached hydrogen (secondary N) is 1. The van der Waals surface area contributed by atoms with Gasteiger partial charge in [-0.2, -0.15) is 0 Å². The highest BCUT2D eigenvalue weighted by molar-refractivity contribution is 7.18. The van der Waals surface area contributed by atoms with Crippen LogP contribution < -0.4 is 5.32 Å². The number of anilines is 2. The minimum absolute atomic E-state index is 0.137. The van der Waals surface area contributed by atoms with Crippen LogP contribution in [0.1, 0.15) is 22.2 Å². The van der Waals surface area contributed by atoms with E-state index in [0.29, 0.717) is 11.5 Å². The third kappa shape index (κ3) is 2.58. The van der Waals surface area contributed by atoms with Gasteiger partial charge in [-0.15, -0.1) is 11.3 Å². The van der Waals surface area contributed by atoms with E-state index in [1.807, 2.05) is 6.07 Å². The number of rotatable bonds is 4. The van der Waals surface area contributed by atoms with Crippen molar-refractivity contribution in [1.82, 2.24) is 9.97 Å². The van der Waals surface area contributed by atoms with E-state index in [1.54, 1.807) is 17.4 Å². The second kappa shape index (κ2) is 5.61. The molecule has 0 spiro atoms. The number of thiophene rings is 1. The summed E-state index contributed by atoms with van der Waals surface area (Å²) in [5, 5.41) is 22.7. The number of hydrogen-bond donors (Lipinski definition) is 3. The molecule has 0 radical (unpaired) electrons. The van der Waals surface area contributed by atoms with E-state index in [2.05, 4.69) is 22.2 Å². The first-order chi connectivity index (χ1) is 10.6. The summed E-state index contributed by atoms with van der Waals surface area (Å²) in [6, 6.07) is 6.34. The summed E-state index contributed by atoms with van der Waals surface area (Å²) in [5.74, 6) is -0.829. The molecule has 112 valence electrons. The van der Waals surface area contributed by atoms with Gasteiger partial charge >= 0.3 is 5.97 Å². The Morgan fingerprint density at radius 3 is 2.82 bits per heavy atom. The average Bonchev–Trinajstić information content (AvgIpc) is 2.91. The normalized spacial score (nSPS) is 10.8. The zero-order chi connectivity index (χ0) is 15.7. The minimum atomic E-state index is -1.17. The van der Waals surface area contributed by atoms with Gasteiger partial charge in [-0.25, -0.2) is 14.8 Å². The van der Waals surface area contributed by atoms with Crippen LogP contribution >= 0.6 is 11.3 Å². The molecular weight excluding hydrogens is 302 g/mol. The van der Waals surface area contributed by atoms with Gasteiger partial charge in [0.1, 0.15) is 28.3 Å². The molecule has 0 bridgehead atoms. The third-order valence-electron chi connectivity index (χ3n) is 3.22. The van der Waals surface area contributed by atoms with Gasteiger partial charge in [0, 0.05) is 16.6 Å². The molecule has 2 aromatic heterocycles. The fourth-order valence-electron chi connectivity index (χ4n) is 2.11. The van der Waals surface area contributed by atoms with Gasteiger partial charge in [0.2, 0.25) is 0 Å². The molecule has 0 fully saturated rings. The smallest absolute Gasteiger partial charge is 0.339 e. The number of carboxylic acid groups (broad SMARTS) is 1. The van der Waals surface area contributed by atoms with Crippen molar-refractivity contribution in [3.8, 4) is 5.75 Å². The fourth-order valence-corrected chi connectivity index (χ4v) is 3.04. The van der Waals surface area contributed by atoms with E-state index >= 15 is 0 Å². The number of carboxylic acids is 1. The van der Waals surface area contributed by atoms with Gasteiger partial charge in [0.05, 0.1) is 5.39 Å². The molecule has 2 heterocycles. The molecule has 6 nitrogen and oxygen atoms in total. The molecule has 3 N–H and O–H groups in total. The predicted molar refractivity (Wildman–Crippen MR) is 85.1 cm³/mol. The van der Waals surface area contributed by atoms with Crippen LogP contribution in [0.15, 0.2) is 30.6 Å². The number of aromatic hydroxyl groups is 1. The van der Waals surface area contributed by atoms with E-state index in [9.17, 15) is 9.90 Å². The summed E-state index contributed by atoms with van der Waals surface area (Å²) in [4.78, 5) is 21.5. The first-order valence-corrected chi connectivity index (χ1v) is 7.47. The Morgan fingerprint density at radius 2 is 2.14 bits per heavy atom. The standard InChI is InChI=1S/C15H13N3O3S/c1-2-9-6-11-13(16-7-17-14(11)22-9)18-8-3-4-10(15(20)21)12(19)5-8/h3-7,19H,2H2,1H3,(H,20,21)(H,16,17,18). The molecule has 0 aliphatic heterocycles. The number of fused-ring (bicyclic) bond motifs is 1. The van der Waals surface area contributed by atoms with Gasteiger partial charge in [-0.3, -0.25) is 0 Å². The highest BCUT2D eigenvalue weighted by Gasteiger charge is 2.12.